The van der Waals surface area contributed by atoms with Crippen molar-refractivity contribution in [3.05, 3.63) is 69.1 Å². The molecule has 0 bridgehead atoms. The Morgan fingerprint density at radius 3 is 2.85 bits per heavy atom. The van der Waals surface area contributed by atoms with Gasteiger partial charge in [-0.15, -0.1) is 11.3 Å². The summed E-state index contributed by atoms with van der Waals surface area (Å²) in [5.74, 6) is 0.122. The second-order valence-corrected chi connectivity index (χ2v) is 7.30. The highest BCUT2D eigenvalue weighted by Crippen LogP contribution is 2.28. The van der Waals surface area contributed by atoms with Crippen LogP contribution >= 0.6 is 34.5 Å². The summed E-state index contributed by atoms with van der Waals surface area (Å²) >= 11 is 13.4. The van der Waals surface area contributed by atoms with Crippen LogP contribution in [0.15, 0.2) is 47.8 Å². The molecule has 1 N–H and O–H groups in total. The lowest BCUT2D eigenvalue weighted by atomic mass is 10.1. The molecule has 2 aromatic carbocycles. The van der Waals surface area contributed by atoms with E-state index in [4.69, 9.17) is 27.9 Å². The van der Waals surface area contributed by atoms with Gasteiger partial charge in [0, 0.05) is 22.0 Å². The van der Waals surface area contributed by atoms with E-state index in [1.807, 2.05) is 23.6 Å². The average Bonchev–Trinajstić information content (AvgIpc) is 3.10. The van der Waals surface area contributed by atoms with Crippen molar-refractivity contribution in [2.45, 2.75) is 13.5 Å². The van der Waals surface area contributed by atoms with Gasteiger partial charge in [-0.1, -0.05) is 47.5 Å². The van der Waals surface area contributed by atoms with Gasteiger partial charge in [0.1, 0.15) is 10.8 Å². The molecule has 0 aliphatic heterocycles. The molecule has 0 saturated heterocycles. The first-order valence-corrected chi connectivity index (χ1v) is 9.51. The van der Waals surface area contributed by atoms with Crippen LogP contribution < -0.4 is 10.1 Å². The molecule has 1 amide bonds. The maximum absolute atomic E-state index is 12.0. The lowest BCUT2D eigenvalue weighted by Gasteiger charge is -2.08. The number of hydrogen-bond donors (Lipinski definition) is 1. The molecule has 4 nitrogen and oxygen atoms in total. The Kier molecular flexibility index (Phi) is 6.14. The molecule has 0 fully saturated rings. The molecule has 0 radical (unpaired) electrons. The predicted octanol–water partition coefficient (Wildman–Crippen LogP) is 5.12. The number of nitrogens with zero attached hydrogens (tertiary/aromatic N) is 1. The van der Waals surface area contributed by atoms with Gasteiger partial charge in [0.25, 0.3) is 5.91 Å². The van der Waals surface area contributed by atoms with Crippen molar-refractivity contribution in [2.75, 3.05) is 6.61 Å². The Hall–Kier alpha value is -2.08. The summed E-state index contributed by atoms with van der Waals surface area (Å²) in [6.07, 6.45) is 0. The maximum atomic E-state index is 12.0. The molecule has 3 aromatic rings. The molecular formula is C19H16Cl2N2O2S. The average molecular weight is 407 g/mol. The molecule has 134 valence electrons. The van der Waals surface area contributed by atoms with Crippen LogP contribution in [0.4, 0.5) is 0 Å². The third-order valence-electron chi connectivity index (χ3n) is 3.65. The van der Waals surface area contributed by atoms with Gasteiger partial charge in [-0.25, -0.2) is 4.98 Å². The molecular weight excluding hydrogens is 391 g/mol. The summed E-state index contributed by atoms with van der Waals surface area (Å²) in [5, 5.41) is 6.57. The molecule has 0 spiro atoms. The van der Waals surface area contributed by atoms with Crippen molar-refractivity contribution >= 4 is 40.4 Å². The van der Waals surface area contributed by atoms with Crippen molar-refractivity contribution in [1.82, 2.24) is 10.3 Å². The summed E-state index contributed by atoms with van der Waals surface area (Å²) in [6, 6.07) is 12.9. The third-order valence-corrected chi connectivity index (χ3v) is 5.12. The number of ether oxygens (including phenoxy) is 1. The first kappa shape index (κ1) is 18.7. The number of rotatable bonds is 6. The fourth-order valence-corrected chi connectivity index (χ4v) is 3.54. The van der Waals surface area contributed by atoms with Crippen LogP contribution in [-0.4, -0.2) is 17.5 Å². The van der Waals surface area contributed by atoms with E-state index >= 15 is 0 Å². The Morgan fingerprint density at radius 2 is 2.04 bits per heavy atom. The van der Waals surface area contributed by atoms with Crippen molar-refractivity contribution in [3.8, 4) is 16.3 Å². The van der Waals surface area contributed by atoms with Gasteiger partial charge in [-0.05, 0) is 24.6 Å². The minimum Gasteiger partial charge on any atom is -0.482 e. The Bertz CT molecular complexity index is 927. The molecule has 1 heterocycles. The van der Waals surface area contributed by atoms with Gasteiger partial charge in [-0.3, -0.25) is 4.79 Å². The zero-order valence-corrected chi connectivity index (χ0v) is 16.3. The second kappa shape index (κ2) is 8.54. The maximum Gasteiger partial charge on any atom is 0.258 e. The van der Waals surface area contributed by atoms with Crippen LogP contribution in [-0.2, 0) is 11.3 Å². The number of thiazole rings is 1. The summed E-state index contributed by atoms with van der Waals surface area (Å²) in [7, 11) is 0. The molecule has 0 aliphatic carbocycles. The van der Waals surface area contributed by atoms with Gasteiger partial charge in [0.15, 0.2) is 6.61 Å². The van der Waals surface area contributed by atoms with Crippen LogP contribution in [0.5, 0.6) is 5.75 Å². The fraction of sp³-hybridized carbons (Fsp3) is 0.158. The minimum atomic E-state index is -0.258. The molecule has 0 aliphatic rings. The quantitative estimate of drug-likeness (QED) is 0.617. The van der Waals surface area contributed by atoms with Gasteiger partial charge < -0.3 is 10.1 Å². The van der Waals surface area contributed by atoms with E-state index in [0.717, 1.165) is 16.3 Å². The summed E-state index contributed by atoms with van der Waals surface area (Å²) in [4.78, 5) is 16.6. The van der Waals surface area contributed by atoms with Crippen LogP contribution in [0.3, 0.4) is 0 Å². The summed E-state index contributed by atoms with van der Waals surface area (Å²) < 4.78 is 5.41. The Labute approximate surface area is 165 Å². The Morgan fingerprint density at radius 1 is 1.23 bits per heavy atom. The number of aryl methyl sites for hydroxylation is 1. The predicted molar refractivity (Wildman–Crippen MR) is 106 cm³/mol. The van der Waals surface area contributed by atoms with Crippen LogP contribution in [0.2, 0.25) is 10.0 Å². The summed E-state index contributed by atoms with van der Waals surface area (Å²) in [5.41, 5.74) is 3.08. The third kappa shape index (κ3) is 4.75. The fourth-order valence-electron chi connectivity index (χ4n) is 2.30. The van der Waals surface area contributed by atoms with E-state index in [9.17, 15) is 4.79 Å². The highest BCUT2D eigenvalue weighted by Gasteiger charge is 2.10. The monoisotopic (exact) mass is 406 g/mol. The molecule has 7 heteroatoms. The second-order valence-electron chi connectivity index (χ2n) is 5.60. The van der Waals surface area contributed by atoms with Crippen LogP contribution in [0.1, 0.15) is 11.3 Å². The number of aromatic nitrogens is 1. The van der Waals surface area contributed by atoms with Gasteiger partial charge in [0.2, 0.25) is 0 Å². The first-order chi connectivity index (χ1) is 12.5. The van der Waals surface area contributed by atoms with E-state index in [2.05, 4.69) is 23.3 Å². The molecule has 0 unspecified atom stereocenters. The largest absolute Gasteiger partial charge is 0.482 e. The van der Waals surface area contributed by atoms with Crippen molar-refractivity contribution in [3.63, 3.8) is 0 Å². The van der Waals surface area contributed by atoms with E-state index in [-0.39, 0.29) is 12.5 Å². The van der Waals surface area contributed by atoms with Crippen LogP contribution in [0.25, 0.3) is 10.6 Å². The van der Waals surface area contributed by atoms with E-state index < -0.39 is 0 Å². The lowest BCUT2D eigenvalue weighted by molar-refractivity contribution is -0.123. The number of halogens is 2. The van der Waals surface area contributed by atoms with Gasteiger partial charge in [0.05, 0.1) is 17.3 Å². The molecule has 1 aromatic heterocycles. The zero-order valence-electron chi connectivity index (χ0n) is 14.0. The molecule has 0 atom stereocenters. The van der Waals surface area contributed by atoms with Crippen molar-refractivity contribution in [2.24, 2.45) is 0 Å². The normalized spacial score (nSPS) is 10.6. The summed E-state index contributed by atoms with van der Waals surface area (Å²) in [6.45, 7) is 2.25. The number of benzene rings is 2. The standard InChI is InChI=1S/C19H16Cl2N2O2S/c1-12-4-2-3-5-15(12)19-23-14(11-26-19)9-22-18(24)10-25-17-8-13(20)6-7-16(17)21/h2-8,11H,9-10H2,1H3,(H,22,24). The van der Waals surface area contributed by atoms with Gasteiger partial charge in [-0.2, -0.15) is 0 Å². The smallest absolute Gasteiger partial charge is 0.258 e. The Balaban J connectivity index is 1.54. The first-order valence-electron chi connectivity index (χ1n) is 7.88. The number of amides is 1. The molecule has 3 rings (SSSR count). The number of nitrogens with one attached hydrogen (secondary N) is 1. The topological polar surface area (TPSA) is 51.2 Å². The number of carbonyl (C=O) groups is 1. The highest BCUT2D eigenvalue weighted by atomic mass is 35.5. The van der Waals surface area contributed by atoms with Crippen LogP contribution in [0, 0.1) is 6.92 Å². The van der Waals surface area contributed by atoms with Gasteiger partial charge >= 0.3 is 0 Å². The van der Waals surface area contributed by atoms with Crippen molar-refractivity contribution in [1.29, 1.82) is 0 Å². The molecule has 26 heavy (non-hydrogen) atoms. The zero-order chi connectivity index (χ0) is 18.5. The lowest BCUT2D eigenvalue weighted by Crippen LogP contribution is -2.28. The van der Waals surface area contributed by atoms with E-state index in [1.54, 1.807) is 29.5 Å². The number of carbonyl (C=O) groups excluding carboxylic acids is 1. The SMILES string of the molecule is Cc1ccccc1-c1nc(CNC(=O)COc2cc(Cl)ccc2Cl)cs1. The van der Waals surface area contributed by atoms with Crippen molar-refractivity contribution < 1.29 is 9.53 Å². The minimum absolute atomic E-state index is 0.144. The molecule has 0 saturated carbocycles. The highest BCUT2D eigenvalue weighted by molar-refractivity contribution is 7.13. The van der Waals surface area contributed by atoms with E-state index in [0.29, 0.717) is 22.3 Å². The number of hydrogen-bond acceptors (Lipinski definition) is 4. The van der Waals surface area contributed by atoms with E-state index in [1.165, 1.54) is 5.56 Å².